The maximum Gasteiger partial charge on any atom is 0.0395 e. The summed E-state index contributed by atoms with van der Waals surface area (Å²) in [6.45, 7) is 12.3. The van der Waals surface area contributed by atoms with Crippen LogP contribution in [0.15, 0.2) is 28.9 Å². The third kappa shape index (κ3) is 5.00. The number of allylic oxidation sites excluding steroid dienone is 3. The molecule has 80 valence electrons. The summed E-state index contributed by atoms with van der Waals surface area (Å²) in [5, 5.41) is 0. The Morgan fingerprint density at radius 2 is 1.71 bits per heavy atom. The van der Waals surface area contributed by atoms with E-state index in [1.54, 1.807) is 0 Å². The first kappa shape index (κ1) is 13.2. The molecule has 0 aliphatic rings. The molecular formula is C13H23N. The maximum absolute atomic E-state index is 4.58. The highest BCUT2D eigenvalue weighted by Gasteiger charge is 1.99. The third-order valence-corrected chi connectivity index (χ3v) is 2.21. The highest BCUT2D eigenvalue weighted by atomic mass is 14.8. The number of aliphatic imine (C=N–C) groups is 1. The molecule has 0 atom stereocenters. The summed E-state index contributed by atoms with van der Waals surface area (Å²) < 4.78 is 0. The van der Waals surface area contributed by atoms with Gasteiger partial charge in [-0.25, -0.2) is 0 Å². The normalized spacial score (nSPS) is 13.9. The molecule has 1 nitrogen and oxygen atoms in total. The van der Waals surface area contributed by atoms with Crippen molar-refractivity contribution in [1.82, 2.24) is 0 Å². The number of rotatable bonds is 6. The Bertz CT molecular complexity index is 234. The van der Waals surface area contributed by atoms with Gasteiger partial charge in [-0.3, -0.25) is 4.99 Å². The molecule has 0 amide bonds. The predicted molar refractivity (Wildman–Crippen MR) is 65.8 cm³/mol. The molecule has 14 heavy (non-hydrogen) atoms. The van der Waals surface area contributed by atoms with Crippen LogP contribution < -0.4 is 0 Å². The van der Waals surface area contributed by atoms with Gasteiger partial charge in [0.15, 0.2) is 0 Å². The van der Waals surface area contributed by atoms with E-state index in [4.69, 9.17) is 0 Å². The smallest absolute Gasteiger partial charge is 0.0395 e. The molecule has 0 aromatic carbocycles. The number of nitrogens with zero attached hydrogens (tertiary/aromatic N) is 1. The lowest BCUT2D eigenvalue weighted by atomic mass is 10.1. The Balaban J connectivity index is 4.73. The summed E-state index contributed by atoms with van der Waals surface area (Å²) in [5.41, 5.74) is 3.70. The molecule has 0 radical (unpaired) electrons. The standard InChI is InChI=1S/C13H23N/c1-6-9-11(4)13(10-7-2)14-12(5)8-3/h8H,3,6-7,9-10H2,1-2,4-5H3/b13-11-,14-12?. The van der Waals surface area contributed by atoms with E-state index < -0.39 is 0 Å². The van der Waals surface area contributed by atoms with Gasteiger partial charge in [0.1, 0.15) is 0 Å². The van der Waals surface area contributed by atoms with Crippen molar-refractivity contribution in [2.24, 2.45) is 4.99 Å². The number of hydrogen-bond donors (Lipinski definition) is 0. The van der Waals surface area contributed by atoms with Crippen molar-refractivity contribution in [2.75, 3.05) is 0 Å². The first-order valence-corrected chi connectivity index (χ1v) is 5.52. The van der Waals surface area contributed by atoms with Crippen LogP contribution in [0.1, 0.15) is 53.4 Å². The van der Waals surface area contributed by atoms with Gasteiger partial charge in [0.05, 0.1) is 0 Å². The zero-order valence-corrected chi connectivity index (χ0v) is 10.1. The Morgan fingerprint density at radius 3 is 2.14 bits per heavy atom. The van der Waals surface area contributed by atoms with E-state index in [9.17, 15) is 0 Å². The van der Waals surface area contributed by atoms with E-state index in [0.717, 1.165) is 25.0 Å². The summed E-state index contributed by atoms with van der Waals surface area (Å²) >= 11 is 0. The van der Waals surface area contributed by atoms with E-state index in [1.807, 2.05) is 13.0 Å². The van der Waals surface area contributed by atoms with Gasteiger partial charge < -0.3 is 0 Å². The van der Waals surface area contributed by atoms with Crippen LogP contribution in [0.25, 0.3) is 0 Å². The molecular weight excluding hydrogens is 170 g/mol. The second-order valence-electron chi connectivity index (χ2n) is 3.68. The van der Waals surface area contributed by atoms with Crippen molar-refractivity contribution >= 4 is 5.71 Å². The summed E-state index contributed by atoms with van der Waals surface area (Å²) in [7, 11) is 0. The predicted octanol–water partition coefficient (Wildman–Crippen LogP) is 4.51. The number of hydrogen-bond acceptors (Lipinski definition) is 1. The SMILES string of the molecule is C=CC(C)=N/C(CCC)=C(/C)CCC. The van der Waals surface area contributed by atoms with Crippen molar-refractivity contribution in [3.05, 3.63) is 23.9 Å². The van der Waals surface area contributed by atoms with Gasteiger partial charge in [-0.2, -0.15) is 0 Å². The Morgan fingerprint density at radius 1 is 1.14 bits per heavy atom. The fraction of sp³-hybridized carbons (Fsp3) is 0.615. The Hall–Kier alpha value is -0.850. The molecule has 0 fully saturated rings. The minimum absolute atomic E-state index is 1.02. The monoisotopic (exact) mass is 193 g/mol. The van der Waals surface area contributed by atoms with E-state index in [2.05, 4.69) is 32.3 Å². The maximum atomic E-state index is 4.58. The molecule has 0 aliphatic carbocycles. The lowest BCUT2D eigenvalue weighted by Gasteiger charge is -2.06. The van der Waals surface area contributed by atoms with Crippen LogP contribution in [0.5, 0.6) is 0 Å². The van der Waals surface area contributed by atoms with Crippen molar-refractivity contribution < 1.29 is 0 Å². The lowest BCUT2D eigenvalue weighted by molar-refractivity contribution is 0.828. The molecule has 1 heteroatoms. The first-order valence-electron chi connectivity index (χ1n) is 5.52. The Labute approximate surface area is 88.6 Å². The quantitative estimate of drug-likeness (QED) is 0.550. The molecule has 0 unspecified atom stereocenters. The summed E-state index contributed by atoms with van der Waals surface area (Å²) in [5.74, 6) is 0. The third-order valence-electron chi connectivity index (χ3n) is 2.21. The van der Waals surface area contributed by atoms with Crippen LogP contribution in [-0.4, -0.2) is 5.71 Å². The van der Waals surface area contributed by atoms with Gasteiger partial charge in [0.2, 0.25) is 0 Å². The zero-order chi connectivity index (χ0) is 11.0. The molecule has 0 aliphatic heterocycles. The van der Waals surface area contributed by atoms with Gasteiger partial charge in [0, 0.05) is 11.4 Å². The first-order chi connectivity index (χ1) is 6.65. The average Bonchev–Trinajstić information content (AvgIpc) is 2.17. The molecule has 0 saturated heterocycles. The molecule has 0 saturated carbocycles. The van der Waals surface area contributed by atoms with Crippen LogP contribution in [0, 0.1) is 0 Å². The van der Waals surface area contributed by atoms with Gasteiger partial charge >= 0.3 is 0 Å². The van der Waals surface area contributed by atoms with Gasteiger partial charge in [0.25, 0.3) is 0 Å². The van der Waals surface area contributed by atoms with Crippen LogP contribution in [-0.2, 0) is 0 Å². The van der Waals surface area contributed by atoms with E-state index in [-0.39, 0.29) is 0 Å². The second kappa shape index (κ2) is 7.54. The highest BCUT2D eigenvalue weighted by molar-refractivity contribution is 5.92. The zero-order valence-electron chi connectivity index (χ0n) is 10.1. The minimum Gasteiger partial charge on any atom is -0.258 e. The molecule has 0 heterocycles. The fourth-order valence-corrected chi connectivity index (χ4v) is 1.38. The second-order valence-corrected chi connectivity index (χ2v) is 3.68. The minimum atomic E-state index is 1.02. The van der Waals surface area contributed by atoms with Crippen LogP contribution in [0.4, 0.5) is 0 Å². The molecule has 0 aromatic rings. The van der Waals surface area contributed by atoms with E-state index in [0.29, 0.717) is 0 Å². The van der Waals surface area contributed by atoms with Crippen LogP contribution in [0.3, 0.4) is 0 Å². The topological polar surface area (TPSA) is 12.4 Å². The molecule has 0 spiro atoms. The van der Waals surface area contributed by atoms with E-state index in [1.165, 1.54) is 17.7 Å². The molecule has 0 rings (SSSR count). The molecule has 0 aromatic heterocycles. The summed E-state index contributed by atoms with van der Waals surface area (Å²) in [6.07, 6.45) is 6.40. The van der Waals surface area contributed by atoms with Gasteiger partial charge in [-0.15, -0.1) is 0 Å². The largest absolute Gasteiger partial charge is 0.258 e. The lowest BCUT2D eigenvalue weighted by Crippen LogP contribution is -1.91. The highest BCUT2D eigenvalue weighted by Crippen LogP contribution is 2.17. The average molecular weight is 193 g/mol. The van der Waals surface area contributed by atoms with Crippen LogP contribution >= 0.6 is 0 Å². The summed E-state index contributed by atoms with van der Waals surface area (Å²) in [6, 6.07) is 0. The Kier molecular flexibility index (Phi) is 7.09. The van der Waals surface area contributed by atoms with Crippen molar-refractivity contribution in [1.29, 1.82) is 0 Å². The summed E-state index contributed by atoms with van der Waals surface area (Å²) in [4.78, 5) is 4.58. The van der Waals surface area contributed by atoms with Gasteiger partial charge in [-0.1, -0.05) is 38.8 Å². The molecule has 0 bridgehead atoms. The van der Waals surface area contributed by atoms with Crippen LogP contribution in [0.2, 0.25) is 0 Å². The fourth-order valence-electron chi connectivity index (χ4n) is 1.38. The van der Waals surface area contributed by atoms with Gasteiger partial charge in [-0.05, 0) is 32.8 Å². The molecule has 0 N–H and O–H groups in total. The van der Waals surface area contributed by atoms with Crippen molar-refractivity contribution in [3.63, 3.8) is 0 Å². The van der Waals surface area contributed by atoms with Crippen molar-refractivity contribution in [3.8, 4) is 0 Å². The van der Waals surface area contributed by atoms with Crippen molar-refractivity contribution in [2.45, 2.75) is 53.4 Å². The van der Waals surface area contributed by atoms with E-state index >= 15 is 0 Å².